The predicted molar refractivity (Wildman–Crippen MR) is 32.7 cm³/mol. The summed E-state index contributed by atoms with van der Waals surface area (Å²) in [5, 5.41) is 10.9. The van der Waals surface area contributed by atoms with Crippen LogP contribution in [-0.2, 0) is 9.53 Å². The Labute approximate surface area is 58.8 Å². The predicted octanol–water partition coefficient (Wildman–Crippen LogP) is -0.237. The van der Waals surface area contributed by atoms with Crippen molar-refractivity contribution < 1.29 is 9.53 Å². The third kappa shape index (κ3) is 1.45. The summed E-state index contributed by atoms with van der Waals surface area (Å²) in [6, 6.07) is -0.250. The van der Waals surface area contributed by atoms with Gasteiger partial charge in [0.15, 0.2) is 0 Å². The Morgan fingerprint density at radius 3 is 3.10 bits per heavy atom. The number of nitrogens with zero attached hydrogens (tertiary/aromatic N) is 1. The van der Waals surface area contributed by atoms with Crippen molar-refractivity contribution in [3.8, 4) is 6.26 Å². The van der Waals surface area contributed by atoms with E-state index in [1.807, 2.05) is 0 Å². The van der Waals surface area contributed by atoms with Crippen molar-refractivity contribution in [2.24, 2.45) is 0 Å². The number of ether oxygens (including phenoxy) is 1. The Morgan fingerprint density at radius 2 is 2.60 bits per heavy atom. The zero-order valence-corrected chi connectivity index (χ0v) is 5.46. The Bertz CT molecular complexity index is 167. The molecule has 1 atom stereocenters. The quantitative estimate of drug-likeness (QED) is 0.403. The van der Waals surface area contributed by atoms with Crippen LogP contribution in [0.3, 0.4) is 0 Å². The Hall–Kier alpha value is -1.08. The summed E-state index contributed by atoms with van der Waals surface area (Å²) >= 11 is 0. The van der Waals surface area contributed by atoms with Gasteiger partial charge >= 0.3 is 5.97 Å². The van der Waals surface area contributed by atoms with E-state index in [-0.39, 0.29) is 6.04 Å². The molecule has 1 saturated heterocycles. The maximum absolute atomic E-state index is 10.7. The largest absolute Gasteiger partial charge is 0.350 e. The minimum absolute atomic E-state index is 0.250. The lowest BCUT2D eigenvalue weighted by atomic mass is 10.2. The molecule has 1 heterocycles. The van der Waals surface area contributed by atoms with Gasteiger partial charge in [0, 0.05) is 0 Å². The first-order valence-electron chi connectivity index (χ1n) is 3.18. The van der Waals surface area contributed by atoms with E-state index in [1.54, 1.807) is 0 Å². The molecule has 1 rings (SSSR count). The molecule has 1 fully saturated rings. The molecule has 1 aliphatic heterocycles. The van der Waals surface area contributed by atoms with Gasteiger partial charge in [-0.05, 0) is 19.4 Å². The minimum atomic E-state index is -0.458. The van der Waals surface area contributed by atoms with Gasteiger partial charge < -0.3 is 10.1 Å². The first kappa shape index (κ1) is 7.03. The molecule has 0 aliphatic carbocycles. The summed E-state index contributed by atoms with van der Waals surface area (Å²) < 4.78 is 4.13. The number of esters is 1. The summed E-state index contributed by atoms with van der Waals surface area (Å²) in [4.78, 5) is 10.7. The van der Waals surface area contributed by atoms with Gasteiger partial charge in [-0.3, -0.25) is 0 Å². The van der Waals surface area contributed by atoms with Gasteiger partial charge in [0.1, 0.15) is 6.04 Å². The second-order valence-corrected chi connectivity index (χ2v) is 2.16. The second kappa shape index (κ2) is 3.18. The highest BCUT2D eigenvalue weighted by Gasteiger charge is 2.23. The summed E-state index contributed by atoms with van der Waals surface area (Å²) in [5.41, 5.74) is 0. The minimum Gasteiger partial charge on any atom is -0.350 e. The van der Waals surface area contributed by atoms with E-state index >= 15 is 0 Å². The Kier molecular flexibility index (Phi) is 2.24. The van der Waals surface area contributed by atoms with Crippen molar-refractivity contribution >= 4 is 5.97 Å². The molecule has 0 radical (unpaired) electrons. The lowest BCUT2D eigenvalue weighted by Gasteiger charge is -2.02. The van der Waals surface area contributed by atoms with Crippen molar-refractivity contribution in [2.45, 2.75) is 18.9 Å². The monoisotopic (exact) mass is 140 g/mol. The van der Waals surface area contributed by atoms with Gasteiger partial charge in [0.05, 0.1) is 0 Å². The van der Waals surface area contributed by atoms with Gasteiger partial charge in [-0.15, -0.1) is 5.26 Å². The molecule has 0 spiro atoms. The Morgan fingerprint density at radius 1 is 1.80 bits per heavy atom. The highest BCUT2D eigenvalue weighted by atomic mass is 16.5. The zero-order chi connectivity index (χ0) is 7.40. The van der Waals surface area contributed by atoms with Gasteiger partial charge in [0.2, 0.25) is 0 Å². The van der Waals surface area contributed by atoms with Gasteiger partial charge in [-0.25, -0.2) is 4.79 Å². The first-order valence-corrected chi connectivity index (χ1v) is 3.18. The molecule has 4 heteroatoms. The van der Waals surface area contributed by atoms with E-state index in [4.69, 9.17) is 5.26 Å². The Balaban J connectivity index is 2.34. The molecule has 4 nitrogen and oxygen atoms in total. The SMILES string of the molecule is N#COC(=O)[C@@H]1CCCN1. The van der Waals surface area contributed by atoms with Crippen molar-refractivity contribution in [1.29, 1.82) is 5.26 Å². The summed E-state index contributed by atoms with van der Waals surface area (Å²) in [6.45, 7) is 0.838. The van der Waals surface area contributed by atoms with E-state index in [0.717, 1.165) is 19.4 Å². The molecule has 0 aromatic heterocycles. The third-order valence-corrected chi connectivity index (χ3v) is 1.49. The standard InChI is InChI=1S/C6H8N2O2/c7-4-10-6(9)5-2-1-3-8-5/h5,8H,1-3H2/t5-/m0/s1. The first-order chi connectivity index (χ1) is 4.84. The van der Waals surface area contributed by atoms with Crippen molar-refractivity contribution in [3.63, 3.8) is 0 Å². The number of nitriles is 1. The summed E-state index contributed by atoms with van der Waals surface area (Å²) in [5.74, 6) is -0.458. The molecular formula is C6H8N2O2. The summed E-state index contributed by atoms with van der Waals surface area (Å²) in [7, 11) is 0. The van der Waals surface area contributed by atoms with Crippen molar-refractivity contribution in [1.82, 2.24) is 5.32 Å². The summed E-state index contributed by atoms with van der Waals surface area (Å²) in [6.07, 6.45) is 3.11. The van der Waals surface area contributed by atoms with E-state index in [0.29, 0.717) is 0 Å². The van der Waals surface area contributed by atoms with Crippen LogP contribution in [0.2, 0.25) is 0 Å². The molecule has 0 unspecified atom stereocenters. The molecular weight excluding hydrogens is 132 g/mol. The second-order valence-electron chi connectivity index (χ2n) is 2.16. The number of carbonyl (C=O) groups excluding carboxylic acids is 1. The fourth-order valence-corrected chi connectivity index (χ4v) is 1.00. The number of hydrogen-bond acceptors (Lipinski definition) is 4. The maximum Gasteiger partial charge on any atom is 0.338 e. The van der Waals surface area contributed by atoms with Crippen LogP contribution in [0, 0.1) is 11.5 Å². The van der Waals surface area contributed by atoms with E-state index in [1.165, 1.54) is 6.26 Å². The van der Waals surface area contributed by atoms with Crippen LogP contribution < -0.4 is 5.32 Å². The van der Waals surface area contributed by atoms with Gasteiger partial charge in [-0.2, -0.15) is 0 Å². The van der Waals surface area contributed by atoms with E-state index in [2.05, 4.69) is 10.1 Å². The van der Waals surface area contributed by atoms with Gasteiger partial charge in [0.25, 0.3) is 6.26 Å². The highest BCUT2D eigenvalue weighted by molar-refractivity contribution is 5.76. The molecule has 0 saturated carbocycles. The van der Waals surface area contributed by atoms with Crippen LogP contribution in [-0.4, -0.2) is 18.6 Å². The average molecular weight is 140 g/mol. The average Bonchev–Trinajstić information content (AvgIpc) is 2.38. The molecule has 0 amide bonds. The van der Waals surface area contributed by atoms with Crippen LogP contribution in [0.4, 0.5) is 0 Å². The van der Waals surface area contributed by atoms with Crippen molar-refractivity contribution in [3.05, 3.63) is 0 Å². The van der Waals surface area contributed by atoms with Crippen LogP contribution in [0.5, 0.6) is 0 Å². The van der Waals surface area contributed by atoms with Crippen LogP contribution >= 0.6 is 0 Å². The number of rotatable bonds is 1. The molecule has 10 heavy (non-hydrogen) atoms. The molecule has 54 valence electrons. The van der Waals surface area contributed by atoms with Crippen molar-refractivity contribution in [2.75, 3.05) is 6.54 Å². The third-order valence-electron chi connectivity index (χ3n) is 1.49. The fourth-order valence-electron chi connectivity index (χ4n) is 1.00. The van der Waals surface area contributed by atoms with E-state index < -0.39 is 5.97 Å². The maximum atomic E-state index is 10.7. The lowest BCUT2D eigenvalue weighted by molar-refractivity contribution is -0.139. The number of hydrogen-bond donors (Lipinski definition) is 1. The number of nitrogens with one attached hydrogen (secondary N) is 1. The molecule has 1 N–H and O–H groups in total. The fraction of sp³-hybridized carbons (Fsp3) is 0.667. The highest BCUT2D eigenvalue weighted by Crippen LogP contribution is 2.05. The lowest BCUT2D eigenvalue weighted by Crippen LogP contribution is -2.31. The molecule has 0 aromatic carbocycles. The molecule has 0 bridgehead atoms. The van der Waals surface area contributed by atoms with Crippen LogP contribution in [0.1, 0.15) is 12.8 Å². The normalized spacial score (nSPS) is 23.7. The topological polar surface area (TPSA) is 62.1 Å². The number of carbonyl (C=O) groups is 1. The molecule has 0 aromatic rings. The van der Waals surface area contributed by atoms with E-state index in [9.17, 15) is 4.79 Å². The molecule has 1 aliphatic rings. The van der Waals surface area contributed by atoms with Crippen LogP contribution in [0.15, 0.2) is 0 Å². The smallest absolute Gasteiger partial charge is 0.338 e. The van der Waals surface area contributed by atoms with Crippen LogP contribution in [0.25, 0.3) is 0 Å². The van der Waals surface area contributed by atoms with Gasteiger partial charge in [-0.1, -0.05) is 0 Å². The zero-order valence-electron chi connectivity index (χ0n) is 5.46.